The first-order valence-corrected chi connectivity index (χ1v) is 6.41. The lowest BCUT2D eigenvalue weighted by Gasteiger charge is -2.14. The van der Waals surface area contributed by atoms with Crippen molar-refractivity contribution in [3.05, 3.63) is 0 Å². The summed E-state index contributed by atoms with van der Waals surface area (Å²) >= 11 is 0. The molecule has 0 radical (unpaired) electrons. The van der Waals surface area contributed by atoms with Crippen molar-refractivity contribution >= 4 is 29.9 Å². The van der Waals surface area contributed by atoms with Crippen molar-refractivity contribution in [1.29, 1.82) is 0 Å². The van der Waals surface area contributed by atoms with Crippen molar-refractivity contribution in [1.82, 2.24) is 10.6 Å². The smallest absolute Gasteiger partial charge is 0.191 e. The van der Waals surface area contributed by atoms with Gasteiger partial charge in [0.25, 0.3) is 0 Å². The number of guanidine groups is 1. The van der Waals surface area contributed by atoms with E-state index in [0.717, 1.165) is 44.9 Å². The largest absolute Gasteiger partial charge is 0.396 e. The summed E-state index contributed by atoms with van der Waals surface area (Å²) in [7, 11) is 0. The molecular formula is C12H28IN3O. The summed E-state index contributed by atoms with van der Waals surface area (Å²) < 4.78 is 0. The minimum atomic E-state index is 0. The molecule has 3 N–H and O–H groups in total. The molecule has 0 saturated carbocycles. The van der Waals surface area contributed by atoms with Gasteiger partial charge in [-0.05, 0) is 32.6 Å². The standard InChI is InChI=1S/C12H27N3O.HI/c1-4-7-11(8-9-16)10-15-12(13-5-2)14-6-3;/h11,16H,4-10H2,1-3H3,(H2,13,14,15);1H. The van der Waals surface area contributed by atoms with Crippen LogP contribution in [0.5, 0.6) is 0 Å². The van der Waals surface area contributed by atoms with Gasteiger partial charge >= 0.3 is 0 Å². The van der Waals surface area contributed by atoms with E-state index >= 15 is 0 Å². The molecule has 0 fully saturated rings. The van der Waals surface area contributed by atoms with E-state index in [2.05, 4.69) is 36.4 Å². The predicted octanol–water partition coefficient (Wildman–Crippen LogP) is 1.98. The fourth-order valence-electron chi connectivity index (χ4n) is 1.65. The van der Waals surface area contributed by atoms with E-state index in [4.69, 9.17) is 5.11 Å². The van der Waals surface area contributed by atoms with Crippen molar-refractivity contribution in [2.24, 2.45) is 10.9 Å². The summed E-state index contributed by atoms with van der Waals surface area (Å²) in [5.74, 6) is 1.38. The number of aliphatic hydroxyl groups is 1. The van der Waals surface area contributed by atoms with Gasteiger partial charge in [0.15, 0.2) is 5.96 Å². The molecule has 0 aromatic carbocycles. The molecule has 5 heteroatoms. The number of hydrogen-bond acceptors (Lipinski definition) is 2. The van der Waals surface area contributed by atoms with Crippen LogP contribution in [-0.4, -0.2) is 37.3 Å². The van der Waals surface area contributed by atoms with Gasteiger partial charge in [-0.2, -0.15) is 0 Å². The van der Waals surface area contributed by atoms with Crippen molar-refractivity contribution in [2.45, 2.75) is 40.0 Å². The monoisotopic (exact) mass is 357 g/mol. The Bertz CT molecular complexity index is 175. The van der Waals surface area contributed by atoms with Crippen LogP contribution >= 0.6 is 24.0 Å². The van der Waals surface area contributed by atoms with Gasteiger partial charge in [-0.15, -0.1) is 24.0 Å². The van der Waals surface area contributed by atoms with Gasteiger partial charge in [-0.1, -0.05) is 13.3 Å². The van der Waals surface area contributed by atoms with Gasteiger partial charge in [0.2, 0.25) is 0 Å². The number of nitrogens with zero attached hydrogens (tertiary/aromatic N) is 1. The van der Waals surface area contributed by atoms with Crippen molar-refractivity contribution in [2.75, 3.05) is 26.2 Å². The average molecular weight is 357 g/mol. The number of rotatable bonds is 8. The summed E-state index contributed by atoms with van der Waals surface area (Å²) in [6, 6.07) is 0. The van der Waals surface area contributed by atoms with Crippen molar-refractivity contribution in [3.8, 4) is 0 Å². The van der Waals surface area contributed by atoms with Crippen LogP contribution in [0.1, 0.15) is 40.0 Å². The van der Waals surface area contributed by atoms with Crippen LogP contribution < -0.4 is 10.6 Å². The van der Waals surface area contributed by atoms with E-state index in [0.29, 0.717) is 5.92 Å². The zero-order chi connectivity index (χ0) is 12.2. The third-order valence-electron chi connectivity index (χ3n) is 2.43. The van der Waals surface area contributed by atoms with Gasteiger partial charge in [-0.25, -0.2) is 0 Å². The van der Waals surface area contributed by atoms with Gasteiger partial charge in [0, 0.05) is 26.2 Å². The second-order valence-corrected chi connectivity index (χ2v) is 3.92. The molecule has 1 atom stereocenters. The third kappa shape index (κ3) is 10.8. The molecule has 0 rings (SSSR count). The highest BCUT2D eigenvalue weighted by Gasteiger charge is 2.06. The number of halogens is 1. The SMILES string of the molecule is CCCC(CCO)CN=C(NCC)NCC.I. The Labute approximate surface area is 123 Å². The van der Waals surface area contributed by atoms with E-state index in [1.807, 2.05) is 0 Å². The molecular weight excluding hydrogens is 329 g/mol. The molecule has 0 aromatic rings. The summed E-state index contributed by atoms with van der Waals surface area (Å²) in [4.78, 5) is 4.52. The third-order valence-corrected chi connectivity index (χ3v) is 2.43. The van der Waals surface area contributed by atoms with E-state index in [1.165, 1.54) is 0 Å². The van der Waals surface area contributed by atoms with Crippen LogP contribution in [0, 0.1) is 5.92 Å². The zero-order valence-corrected chi connectivity index (χ0v) is 13.7. The maximum absolute atomic E-state index is 8.96. The summed E-state index contributed by atoms with van der Waals surface area (Å²) in [5.41, 5.74) is 0. The molecule has 0 spiro atoms. The molecule has 17 heavy (non-hydrogen) atoms. The zero-order valence-electron chi connectivity index (χ0n) is 11.3. The van der Waals surface area contributed by atoms with Crippen LogP contribution in [0.4, 0.5) is 0 Å². The predicted molar refractivity (Wildman–Crippen MR) is 85.2 cm³/mol. The second-order valence-electron chi connectivity index (χ2n) is 3.92. The number of aliphatic imine (C=N–C) groups is 1. The Hall–Kier alpha value is -0.0400. The number of hydrogen-bond donors (Lipinski definition) is 3. The van der Waals surface area contributed by atoms with Gasteiger partial charge in [-0.3, -0.25) is 4.99 Å². The Morgan fingerprint density at radius 3 is 2.12 bits per heavy atom. The molecule has 1 unspecified atom stereocenters. The summed E-state index contributed by atoms with van der Waals surface area (Å²) in [5, 5.41) is 15.4. The maximum Gasteiger partial charge on any atom is 0.191 e. The van der Waals surface area contributed by atoms with E-state index in [9.17, 15) is 0 Å². The fraction of sp³-hybridized carbons (Fsp3) is 0.917. The van der Waals surface area contributed by atoms with E-state index < -0.39 is 0 Å². The highest BCUT2D eigenvalue weighted by atomic mass is 127. The molecule has 0 saturated heterocycles. The Morgan fingerprint density at radius 2 is 1.71 bits per heavy atom. The van der Waals surface area contributed by atoms with Crippen molar-refractivity contribution in [3.63, 3.8) is 0 Å². The van der Waals surface area contributed by atoms with Crippen LogP contribution in [0.15, 0.2) is 4.99 Å². The first kappa shape index (κ1) is 19.3. The molecule has 0 amide bonds. The van der Waals surface area contributed by atoms with Gasteiger partial charge < -0.3 is 15.7 Å². The summed E-state index contributed by atoms with van der Waals surface area (Å²) in [6.45, 7) is 9.11. The van der Waals surface area contributed by atoms with Crippen molar-refractivity contribution < 1.29 is 5.11 Å². The van der Waals surface area contributed by atoms with Gasteiger partial charge in [0.1, 0.15) is 0 Å². The fourth-order valence-corrected chi connectivity index (χ4v) is 1.65. The minimum absolute atomic E-state index is 0. The number of nitrogens with one attached hydrogen (secondary N) is 2. The van der Waals surface area contributed by atoms with Crippen LogP contribution in [0.25, 0.3) is 0 Å². The average Bonchev–Trinajstić information content (AvgIpc) is 2.27. The molecule has 104 valence electrons. The van der Waals surface area contributed by atoms with Crippen LogP contribution in [-0.2, 0) is 0 Å². The highest BCUT2D eigenvalue weighted by Crippen LogP contribution is 2.10. The second kappa shape index (κ2) is 14.0. The Morgan fingerprint density at radius 1 is 1.12 bits per heavy atom. The quantitative estimate of drug-likeness (QED) is 0.354. The molecule has 0 aliphatic carbocycles. The van der Waals surface area contributed by atoms with Crippen LogP contribution in [0.3, 0.4) is 0 Å². The maximum atomic E-state index is 8.96. The van der Waals surface area contributed by atoms with Crippen LogP contribution in [0.2, 0.25) is 0 Å². The molecule has 0 bridgehead atoms. The van der Waals surface area contributed by atoms with E-state index in [1.54, 1.807) is 0 Å². The first-order chi connectivity index (χ1) is 7.78. The van der Waals surface area contributed by atoms with Gasteiger partial charge in [0.05, 0.1) is 0 Å². The lowest BCUT2D eigenvalue weighted by Crippen LogP contribution is -2.37. The van der Waals surface area contributed by atoms with E-state index in [-0.39, 0.29) is 30.6 Å². The highest BCUT2D eigenvalue weighted by molar-refractivity contribution is 14.0. The molecule has 0 heterocycles. The molecule has 0 aliphatic heterocycles. The Balaban J connectivity index is 0. The summed E-state index contributed by atoms with van der Waals surface area (Å²) in [6.07, 6.45) is 3.14. The normalized spacial score (nSPS) is 11.3. The molecule has 4 nitrogen and oxygen atoms in total. The topological polar surface area (TPSA) is 56.7 Å². The molecule has 0 aliphatic rings. The first-order valence-electron chi connectivity index (χ1n) is 6.41. The lowest BCUT2D eigenvalue weighted by molar-refractivity contribution is 0.253. The Kier molecular flexibility index (Phi) is 15.9. The number of aliphatic hydroxyl groups excluding tert-OH is 1. The minimum Gasteiger partial charge on any atom is -0.396 e. The molecule has 0 aromatic heterocycles. The lowest BCUT2D eigenvalue weighted by atomic mass is 10.0.